The molecule has 2 aliphatic rings. The third kappa shape index (κ3) is 2.31. The van der Waals surface area contributed by atoms with Crippen LogP contribution >= 0.6 is 0 Å². The summed E-state index contributed by atoms with van der Waals surface area (Å²) in [6.07, 6.45) is 2.27. The van der Waals surface area contributed by atoms with Gasteiger partial charge in [-0.2, -0.15) is 0 Å². The normalized spacial score (nSPS) is 28.8. The molecule has 0 aromatic heterocycles. The zero-order valence-corrected chi connectivity index (χ0v) is 10.1. The van der Waals surface area contributed by atoms with Gasteiger partial charge in [0.15, 0.2) is 0 Å². The van der Waals surface area contributed by atoms with E-state index in [-0.39, 0.29) is 0 Å². The lowest BCUT2D eigenvalue weighted by Crippen LogP contribution is -2.31. The molecule has 3 heteroatoms. The second-order valence-corrected chi connectivity index (χ2v) is 5.18. The quantitative estimate of drug-likeness (QED) is 0.841. The second kappa shape index (κ2) is 4.67. The summed E-state index contributed by atoms with van der Waals surface area (Å²) in [5.41, 5.74) is 7.33. The number of nitrogens with zero attached hydrogens (tertiary/aromatic N) is 1. The Kier molecular flexibility index (Phi) is 3.04. The van der Waals surface area contributed by atoms with Gasteiger partial charge in [-0.3, -0.25) is 0 Å². The highest BCUT2D eigenvalue weighted by Crippen LogP contribution is 2.34. The summed E-state index contributed by atoms with van der Waals surface area (Å²) in [5.74, 6) is 1.69. The predicted molar refractivity (Wildman–Crippen MR) is 68.3 cm³/mol. The maximum atomic E-state index is 5.96. The Bertz CT molecular complexity index is 394. The first-order chi connectivity index (χ1) is 8.33. The molecule has 0 bridgehead atoms. The molecule has 3 rings (SSSR count). The van der Waals surface area contributed by atoms with Crippen LogP contribution in [0.3, 0.4) is 0 Å². The van der Waals surface area contributed by atoms with Gasteiger partial charge in [0, 0.05) is 25.0 Å². The highest BCUT2D eigenvalue weighted by molar-refractivity contribution is 5.37. The summed E-state index contributed by atoms with van der Waals surface area (Å²) >= 11 is 0. The molecule has 17 heavy (non-hydrogen) atoms. The van der Waals surface area contributed by atoms with Gasteiger partial charge in [-0.1, -0.05) is 18.2 Å². The van der Waals surface area contributed by atoms with Gasteiger partial charge >= 0.3 is 0 Å². The third-order valence-corrected chi connectivity index (χ3v) is 3.87. The molecular formula is C14H20N2O. The fraction of sp³-hybridized carbons (Fsp3) is 0.571. The summed E-state index contributed by atoms with van der Waals surface area (Å²) in [6.45, 7) is 4.19. The molecule has 2 aliphatic heterocycles. The third-order valence-electron chi connectivity index (χ3n) is 3.87. The van der Waals surface area contributed by atoms with Crippen LogP contribution in [-0.2, 0) is 0 Å². The van der Waals surface area contributed by atoms with E-state index in [1.165, 1.54) is 5.56 Å². The Morgan fingerprint density at radius 2 is 2.18 bits per heavy atom. The lowest BCUT2D eigenvalue weighted by Gasteiger charge is -2.29. The van der Waals surface area contributed by atoms with E-state index in [1.54, 1.807) is 0 Å². The van der Waals surface area contributed by atoms with Crippen LogP contribution in [0.25, 0.3) is 0 Å². The molecule has 3 nitrogen and oxygen atoms in total. The lowest BCUT2D eigenvalue weighted by atomic mass is 9.93. The van der Waals surface area contributed by atoms with Crippen LogP contribution in [-0.4, -0.2) is 37.2 Å². The molecule has 2 atom stereocenters. The SMILES string of the molecule is NC1CCN(CC2CCOc3ccccc32)C1. The van der Waals surface area contributed by atoms with E-state index < -0.39 is 0 Å². The standard InChI is InChI=1S/C14H20N2O/c15-12-5-7-16(10-12)9-11-6-8-17-14-4-2-1-3-13(11)14/h1-4,11-12H,5-10,15H2. The molecule has 2 N–H and O–H groups in total. The lowest BCUT2D eigenvalue weighted by molar-refractivity contribution is 0.231. The van der Waals surface area contributed by atoms with E-state index in [1.807, 2.05) is 6.07 Å². The second-order valence-electron chi connectivity index (χ2n) is 5.18. The highest BCUT2D eigenvalue weighted by Gasteiger charge is 2.26. The number of rotatable bonds is 2. The summed E-state index contributed by atoms with van der Waals surface area (Å²) in [5, 5.41) is 0. The largest absolute Gasteiger partial charge is 0.493 e. The van der Waals surface area contributed by atoms with Crippen molar-refractivity contribution < 1.29 is 4.74 Å². The van der Waals surface area contributed by atoms with Gasteiger partial charge in [0.2, 0.25) is 0 Å². The van der Waals surface area contributed by atoms with E-state index in [9.17, 15) is 0 Å². The predicted octanol–water partition coefficient (Wildman–Crippen LogP) is 1.59. The van der Waals surface area contributed by atoms with Crippen molar-refractivity contribution in [3.63, 3.8) is 0 Å². The fourth-order valence-corrected chi connectivity index (χ4v) is 2.95. The Balaban J connectivity index is 1.72. The summed E-state index contributed by atoms with van der Waals surface area (Å²) < 4.78 is 5.70. The molecule has 0 spiro atoms. The molecule has 92 valence electrons. The fourth-order valence-electron chi connectivity index (χ4n) is 2.95. The molecule has 1 aromatic carbocycles. The highest BCUT2D eigenvalue weighted by atomic mass is 16.5. The molecule has 1 saturated heterocycles. The minimum absolute atomic E-state index is 0.380. The van der Waals surface area contributed by atoms with E-state index in [0.717, 1.165) is 44.8 Å². The first kappa shape index (κ1) is 11.1. The van der Waals surface area contributed by atoms with E-state index >= 15 is 0 Å². The van der Waals surface area contributed by atoms with Crippen LogP contribution in [0.5, 0.6) is 5.75 Å². The van der Waals surface area contributed by atoms with Crippen molar-refractivity contribution in [1.82, 2.24) is 4.90 Å². The Morgan fingerprint density at radius 3 is 3.00 bits per heavy atom. The van der Waals surface area contributed by atoms with Gasteiger partial charge in [-0.05, 0) is 31.0 Å². The molecule has 2 heterocycles. The summed E-state index contributed by atoms with van der Waals surface area (Å²) in [6, 6.07) is 8.82. The van der Waals surface area contributed by atoms with Crippen LogP contribution in [0, 0.1) is 0 Å². The number of benzene rings is 1. The van der Waals surface area contributed by atoms with Crippen LogP contribution < -0.4 is 10.5 Å². The molecule has 1 aromatic rings. The zero-order chi connectivity index (χ0) is 11.7. The van der Waals surface area contributed by atoms with Crippen molar-refractivity contribution in [2.75, 3.05) is 26.2 Å². The van der Waals surface area contributed by atoms with Crippen molar-refractivity contribution >= 4 is 0 Å². The minimum Gasteiger partial charge on any atom is -0.493 e. The Morgan fingerprint density at radius 1 is 1.29 bits per heavy atom. The van der Waals surface area contributed by atoms with E-state index in [2.05, 4.69) is 23.1 Å². The number of hydrogen-bond acceptors (Lipinski definition) is 3. The first-order valence-electron chi connectivity index (χ1n) is 6.52. The molecule has 0 saturated carbocycles. The van der Waals surface area contributed by atoms with Gasteiger partial charge in [0.05, 0.1) is 6.61 Å². The van der Waals surface area contributed by atoms with Crippen molar-refractivity contribution in [3.05, 3.63) is 29.8 Å². The Hall–Kier alpha value is -1.06. The molecule has 0 amide bonds. The monoisotopic (exact) mass is 232 g/mol. The maximum Gasteiger partial charge on any atom is 0.122 e. The topological polar surface area (TPSA) is 38.5 Å². The smallest absolute Gasteiger partial charge is 0.122 e. The molecule has 0 radical (unpaired) electrons. The van der Waals surface area contributed by atoms with Crippen LogP contribution in [0.4, 0.5) is 0 Å². The van der Waals surface area contributed by atoms with Crippen molar-refractivity contribution in [1.29, 1.82) is 0 Å². The van der Waals surface area contributed by atoms with E-state index in [4.69, 9.17) is 10.5 Å². The Labute approximate surface area is 103 Å². The number of para-hydroxylation sites is 1. The first-order valence-corrected chi connectivity index (χ1v) is 6.52. The van der Waals surface area contributed by atoms with Crippen molar-refractivity contribution in [2.45, 2.75) is 24.8 Å². The number of ether oxygens (including phenoxy) is 1. The van der Waals surface area contributed by atoms with Crippen LogP contribution in [0.2, 0.25) is 0 Å². The van der Waals surface area contributed by atoms with Crippen molar-refractivity contribution in [2.24, 2.45) is 5.73 Å². The van der Waals surface area contributed by atoms with Gasteiger partial charge in [-0.25, -0.2) is 0 Å². The summed E-state index contributed by atoms with van der Waals surface area (Å²) in [4.78, 5) is 2.50. The maximum absolute atomic E-state index is 5.96. The number of hydrogen-bond donors (Lipinski definition) is 1. The minimum atomic E-state index is 0.380. The molecule has 1 fully saturated rings. The average molecular weight is 232 g/mol. The van der Waals surface area contributed by atoms with Gasteiger partial charge < -0.3 is 15.4 Å². The summed E-state index contributed by atoms with van der Waals surface area (Å²) in [7, 11) is 0. The number of likely N-dealkylation sites (tertiary alicyclic amines) is 1. The number of nitrogens with two attached hydrogens (primary N) is 1. The van der Waals surface area contributed by atoms with Crippen molar-refractivity contribution in [3.8, 4) is 5.75 Å². The molecular weight excluding hydrogens is 212 g/mol. The molecule has 2 unspecified atom stereocenters. The van der Waals surface area contributed by atoms with Gasteiger partial charge in [-0.15, -0.1) is 0 Å². The van der Waals surface area contributed by atoms with Crippen LogP contribution in [0.1, 0.15) is 24.3 Å². The van der Waals surface area contributed by atoms with Crippen LogP contribution in [0.15, 0.2) is 24.3 Å². The zero-order valence-electron chi connectivity index (χ0n) is 10.1. The average Bonchev–Trinajstić information content (AvgIpc) is 2.75. The van der Waals surface area contributed by atoms with Gasteiger partial charge in [0.1, 0.15) is 5.75 Å². The van der Waals surface area contributed by atoms with Gasteiger partial charge in [0.25, 0.3) is 0 Å². The van der Waals surface area contributed by atoms with E-state index in [0.29, 0.717) is 12.0 Å². The molecule has 0 aliphatic carbocycles. The number of fused-ring (bicyclic) bond motifs is 1.